The number of aliphatic carboxylic acids is 1. The number of amides is 2. The first-order valence-corrected chi connectivity index (χ1v) is 5.80. The first-order valence-electron chi connectivity index (χ1n) is 5.80. The highest BCUT2D eigenvalue weighted by atomic mass is 16.4. The summed E-state index contributed by atoms with van der Waals surface area (Å²) < 4.78 is 0. The van der Waals surface area contributed by atoms with Gasteiger partial charge in [0.1, 0.15) is 0 Å². The minimum absolute atomic E-state index is 0.126. The van der Waals surface area contributed by atoms with Crippen molar-refractivity contribution in [3.63, 3.8) is 0 Å². The number of hydrogen-bond acceptors (Lipinski definition) is 3. The van der Waals surface area contributed by atoms with Crippen molar-refractivity contribution >= 4 is 12.0 Å². The number of likely N-dealkylation sites (tertiary alicyclic amines) is 1. The molecule has 1 unspecified atom stereocenters. The van der Waals surface area contributed by atoms with Crippen LogP contribution in [0.3, 0.4) is 0 Å². The molecule has 0 aromatic carbocycles. The van der Waals surface area contributed by atoms with E-state index >= 15 is 0 Å². The molecule has 0 saturated carbocycles. The van der Waals surface area contributed by atoms with E-state index in [4.69, 9.17) is 5.11 Å². The van der Waals surface area contributed by atoms with Crippen LogP contribution in [-0.2, 0) is 4.79 Å². The molecule has 0 bridgehead atoms. The standard InChI is InChI=1S/C11H20N2O4/c1-8(9(14)15)7-12-10(16)13-5-3-11(2,17)4-6-13/h8,17H,3-7H2,1-2H3,(H,12,16)(H,14,15). The summed E-state index contributed by atoms with van der Waals surface area (Å²) in [6, 6.07) is -0.256. The maximum atomic E-state index is 11.7. The molecule has 6 nitrogen and oxygen atoms in total. The van der Waals surface area contributed by atoms with Gasteiger partial charge in [-0.1, -0.05) is 6.92 Å². The zero-order valence-electron chi connectivity index (χ0n) is 10.3. The lowest BCUT2D eigenvalue weighted by Gasteiger charge is -2.35. The van der Waals surface area contributed by atoms with Crippen LogP contribution in [0.1, 0.15) is 26.7 Å². The van der Waals surface area contributed by atoms with Crippen molar-refractivity contribution in [1.29, 1.82) is 0 Å². The molecule has 3 N–H and O–H groups in total. The summed E-state index contributed by atoms with van der Waals surface area (Å²) in [6.07, 6.45) is 1.10. The Balaban J connectivity index is 2.32. The third-order valence-electron chi connectivity index (χ3n) is 3.11. The van der Waals surface area contributed by atoms with Gasteiger partial charge in [0.25, 0.3) is 0 Å². The number of rotatable bonds is 3. The highest BCUT2D eigenvalue weighted by Gasteiger charge is 2.29. The van der Waals surface area contributed by atoms with E-state index in [1.807, 2.05) is 0 Å². The SMILES string of the molecule is CC(CNC(=O)N1CCC(C)(O)CC1)C(=O)O. The van der Waals surface area contributed by atoms with Gasteiger partial charge in [-0.05, 0) is 19.8 Å². The Bertz CT molecular complexity index is 294. The van der Waals surface area contributed by atoms with Crippen LogP contribution in [0, 0.1) is 5.92 Å². The average molecular weight is 244 g/mol. The van der Waals surface area contributed by atoms with Crippen molar-refractivity contribution in [2.24, 2.45) is 5.92 Å². The normalized spacial score (nSPS) is 20.8. The monoisotopic (exact) mass is 244 g/mol. The fourth-order valence-corrected chi connectivity index (χ4v) is 1.63. The van der Waals surface area contributed by atoms with Gasteiger partial charge in [-0.3, -0.25) is 4.79 Å². The largest absolute Gasteiger partial charge is 0.481 e. The first-order chi connectivity index (χ1) is 7.82. The minimum Gasteiger partial charge on any atom is -0.481 e. The van der Waals surface area contributed by atoms with Gasteiger partial charge in [-0.25, -0.2) is 4.79 Å². The van der Waals surface area contributed by atoms with Crippen molar-refractivity contribution in [1.82, 2.24) is 10.2 Å². The first kappa shape index (κ1) is 13.8. The van der Waals surface area contributed by atoms with Crippen LogP contribution in [0.2, 0.25) is 0 Å². The van der Waals surface area contributed by atoms with Crippen molar-refractivity contribution in [2.75, 3.05) is 19.6 Å². The van der Waals surface area contributed by atoms with E-state index in [0.717, 1.165) is 0 Å². The molecule has 1 rings (SSSR count). The maximum absolute atomic E-state index is 11.7. The molecule has 1 heterocycles. The van der Waals surface area contributed by atoms with Crippen molar-refractivity contribution in [3.05, 3.63) is 0 Å². The second-order valence-electron chi connectivity index (χ2n) is 4.91. The lowest BCUT2D eigenvalue weighted by molar-refractivity contribution is -0.140. The molecule has 1 aliphatic rings. The second-order valence-corrected chi connectivity index (χ2v) is 4.91. The molecule has 0 aliphatic carbocycles. The van der Waals surface area contributed by atoms with Gasteiger partial charge in [0.15, 0.2) is 0 Å². The Hall–Kier alpha value is -1.30. The summed E-state index contributed by atoms with van der Waals surface area (Å²) >= 11 is 0. The van der Waals surface area contributed by atoms with E-state index < -0.39 is 17.5 Å². The van der Waals surface area contributed by atoms with Gasteiger partial charge in [-0.2, -0.15) is 0 Å². The van der Waals surface area contributed by atoms with Crippen molar-refractivity contribution in [2.45, 2.75) is 32.3 Å². The lowest BCUT2D eigenvalue weighted by atomic mass is 9.94. The molecule has 1 fully saturated rings. The third kappa shape index (κ3) is 4.22. The molecule has 0 aromatic heterocycles. The van der Waals surface area contributed by atoms with Gasteiger partial charge in [0, 0.05) is 19.6 Å². The lowest BCUT2D eigenvalue weighted by Crippen LogP contribution is -2.49. The van der Waals surface area contributed by atoms with Crippen LogP contribution in [-0.4, -0.2) is 52.3 Å². The van der Waals surface area contributed by atoms with Crippen LogP contribution in [0.5, 0.6) is 0 Å². The Morgan fingerprint density at radius 1 is 1.41 bits per heavy atom. The third-order valence-corrected chi connectivity index (χ3v) is 3.11. The molecular formula is C11H20N2O4. The summed E-state index contributed by atoms with van der Waals surface area (Å²) in [7, 11) is 0. The predicted molar refractivity (Wildman–Crippen MR) is 61.6 cm³/mol. The average Bonchev–Trinajstić information content (AvgIpc) is 2.25. The number of hydrogen-bond donors (Lipinski definition) is 3. The van der Waals surface area contributed by atoms with E-state index in [1.165, 1.54) is 0 Å². The molecule has 0 spiro atoms. The zero-order chi connectivity index (χ0) is 13.1. The maximum Gasteiger partial charge on any atom is 0.317 e. The topological polar surface area (TPSA) is 89.9 Å². The smallest absolute Gasteiger partial charge is 0.317 e. The number of carbonyl (C=O) groups is 2. The van der Waals surface area contributed by atoms with E-state index in [9.17, 15) is 14.7 Å². The molecule has 6 heteroatoms. The van der Waals surface area contributed by atoms with Gasteiger partial charge >= 0.3 is 12.0 Å². The number of carboxylic acid groups (broad SMARTS) is 1. The molecule has 0 aromatic rings. The van der Waals surface area contributed by atoms with E-state index in [0.29, 0.717) is 25.9 Å². The molecule has 0 radical (unpaired) electrons. The summed E-state index contributed by atoms with van der Waals surface area (Å²) in [5.41, 5.74) is -0.689. The highest BCUT2D eigenvalue weighted by Crippen LogP contribution is 2.20. The summed E-state index contributed by atoms with van der Waals surface area (Å²) in [6.45, 7) is 4.43. The molecule has 2 amide bonds. The minimum atomic E-state index is -0.924. The molecular weight excluding hydrogens is 224 g/mol. The zero-order valence-corrected chi connectivity index (χ0v) is 10.3. The Kier molecular flexibility index (Phi) is 4.34. The van der Waals surface area contributed by atoms with Gasteiger partial charge in [0.2, 0.25) is 0 Å². The molecule has 98 valence electrons. The molecule has 1 atom stereocenters. The summed E-state index contributed by atoms with van der Waals surface area (Å²) in [4.78, 5) is 23.9. The van der Waals surface area contributed by atoms with Crippen LogP contribution >= 0.6 is 0 Å². The predicted octanol–water partition coefficient (Wildman–Crippen LogP) is 0.263. The van der Waals surface area contributed by atoms with E-state index in [-0.39, 0.29) is 12.6 Å². The van der Waals surface area contributed by atoms with Crippen molar-refractivity contribution in [3.8, 4) is 0 Å². The Morgan fingerprint density at radius 3 is 2.41 bits per heavy atom. The van der Waals surface area contributed by atoms with E-state index in [2.05, 4.69) is 5.32 Å². The number of nitrogens with one attached hydrogen (secondary N) is 1. The number of carbonyl (C=O) groups excluding carboxylic acids is 1. The van der Waals surface area contributed by atoms with Crippen molar-refractivity contribution < 1.29 is 19.8 Å². The van der Waals surface area contributed by atoms with E-state index in [1.54, 1.807) is 18.7 Å². The van der Waals surface area contributed by atoms with Gasteiger partial charge < -0.3 is 20.4 Å². The number of nitrogens with zero attached hydrogens (tertiary/aromatic N) is 1. The number of piperidine rings is 1. The second kappa shape index (κ2) is 5.35. The quantitative estimate of drug-likeness (QED) is 0.664. The van der Waals surface area contributed by atoms with Gasteiger partial charge in [0.05, 0.1) is 11.5 Å². The fraction of sp³-hybridized carbons (Fsp3) is 0.818. The van der Waals surface area contributed by atoms with Crippen LogP contribution in [0.25, 0.3) is 0 Å². The summed E-state index contributed by atoms with van der Waals surface area (Å²) in [5.74, 6) is -1.52. The molecule has 17 heavy (non-hydrogen) atoms. The molecule has 1 aliphatic heterocycles. The Morgan fingerprint density at radius 2 is 1.94 bits per heavy atom. The number of carboxylic acids is 1. The Labute approximate surface area is 101 Å². The van der Waals surface area contributed by atoms with Crippen LogP contribution in [0.15, 0.2) is 0 Å². The van der Waals surface area contributed by atoms with Crippen LogP contribution < -0.4 is 5.32 Å². The molecule has 1 saturated heterocycles. The number of aliphatic hydroxyl groups is 1. The summed E-state index contributed by atoms with van der Waals surface area (Å²) in [5, 5.41) is 21.0. The highest BCUT2D eigenvalue weighted by molar-refractivity contribution is 5.76. The fourth-order valence-electron chi connectivity index (χ4n) is 1.63. The number of urea groups is 1. The van der Waals surface area contributed by atoms with Gasteiger partial charge in [-0.15, -0.1) is 0 Å². The van der Waals surface area contributed by atoms with Crippen LogP contribution in [0.4, 0.5) is 4.79 Å².